The second-order valence-corrected chi connectivity index (χ2v) is 4.35. The minimum atomic E-state index is 0.143. The van der Waals surface area contributed by atoms with E-state index >= 15 is 0 Å². The standard InChI is InChI=1S/C13H14ClN3/c1-9(11-4-3-5-12(14)8-11)17-13-10(2)15-6-7-16-13/h3-9H,1-2H3,(H,16,17). The van der Waals surface area contributed by atoms with Crippen LogP contribution in [0.5, 0.6) is 0 Å². The Kier molecular flexibility index (Phi) is 3.59. The van der Waals surface area contributed by atoms with E-state index in [0.717, 1.165) is 22.1 Å². The zero-order valence-corrected chi connectivity index (χ0v) is 10.6. The van der Waals surface area contributed by atoms with E-state index in [2.05, 4.69) is 22.2 Å². The van der Waals surface area contributed by atoms with Gasteiger partial charge in [0.15, 0.2) is 0 Å². The molecule has 1 aromatic heterocycles. The summed E-state index contributed by atoms with van der Waals surface area (Å²) in [7, 11) is 0. The van der Waals surface area contributed by atoms with Crippen molar-refractivity contribution in [1.82, 2.24) is 9.97 Å². The van der Waals surface area contributed by atoms with Crippen molar-refractivity contribution in [3.8, 4) is 0 Å². The molecule has 0 aliphatic heterocycles. The molecule has 0 amide bonds. The topological polar surface area (TPSA) is 37.8 Å². The number of nitrogens with zero attached hydrogens (tertiary/aromatic N) is 2. The van der Waals surface area contributed by atoms with Crippen LogP contribution in [0.1, 0.15) is 24.2 Å². The van der Waals surface area contributed by atoms with Gasteiger partial charge in [-0.3, -0.25) is 4.98 Å². The second-order valence-electron chi connectivity index (χ2n) is 3.91. The number of nitrogens with one attached hydrogen (secondary N) is 1. The van der Waals surface area contributed by atoms with E-state index in [4.69, 9.17) is 11.6 Å². The first-order valence-electron chi connectivity index (χ1n) is 5.46. The number of hydrogen-bond donors (Lipinski definition) is 1. The predicted molar refractivity (Wildman–Crippen MR) is 70.3 cm³/mol. The maximum absolute atomic E-state index is 5.97. The van der Waals surface area contributed by atoms with E-state index in [9.17, 15) is 0 Å². The first kappa shape index (κ1) is 11.9. The van der Waals surface area contributed by atoms with E-state index in [0.29, 0.717) is 0 Å². The molecule has 0 bridgehead atoms. The number of aromatic nitrogens is 2. The first-order valence-corrected chi connectivity index (χ1v) is 5.84. The van der Waals surface area contributed by atoms with Crippen LogP contribution in [0.25, 0.3) is 0 Å². The average molecular weight is 248 g/mol. The highest BCUT2D eigenvalue weighted by molar-refractivity contribution is 6.30. The maximum atomic E-state index is 5.97. The number of hydrogen-bond acceptors (Lipinski definition) is 3. The number of aryl methyl sites for hydroxylation is 1. The summed E-state index contributed by atoms with van der Waals surface area (Å²) in [6.45, 7) is 4.00. The molecule has 0 fully saturated rings. The molecule has 0 aliphatic rings. The summed E-state index contributed by atoms with van der Waals surface area (Å²) in [4.78, 5) is 8.45. The van der Waals surface area contributed by atoms with Gasteiger partial charge in [-0.1, -0.05) is 23.7 Å². The lowest BCUT2D eigenvalue weighted by molar-refractivity contribution is 0.866. The highest BCUT2D eigenvalue weighted by Crippen LogP contribution is 2.21. The summed E-state index contributed by atoms with van der Waals surface area (Å²) in [5.74, 6) is 0.806. The quantitative estimate of drug-likeness (QED) is 0.900. The summed E-state index contributed by atoms with van der Waals surface area (Å²) in [5.41, 5.74) is 2.02. The summed E-state index contributed by atoms with van der Waals surface area (Å²) < 4.78 is 0. The Morgan fingerprint density at radius 2 is 2.00 bits per heavy atom. The highest BCUT2D eigenvalue weighted by atomic mass is 35.5. The zero-order chi connectivity index (χ0) is 12.3. The largest absolute Gasteiger partial charge is 0.362 e. The van der Waals surface area contributed by atoms with Crippen molar-refractivity contribution in [2.24, 2.45) is 0 Å². The minimum Gasteiger partial charge on any atom is -0.362 e. The number of rotatable bonds is 3. The molecule has 2 aromatic rings. The Hall–Kier alpha value is -1.61. The maximum Gasteiger partial charge on any atom is 0.147 e. The summed E-state index contributed by atoms with van der Waals surface area (Å²) in [6.07, 6.45) is 3.37. The van der Waals surface area contributed by atoms with E-state index in [-0.39, 0.29) is 6.04 Å². The second kappa shape index (κ2) is 5.15. The van der Waals surface area contributed by atoms with Crippen LogP contribution >= 0.6 is 11.6 Å². The van der Waals surface area contributed by atoms with Crippen molar-refractivity contribution < 1.29 is 0 Å². The van der Waals surface area contributed by atoms with Crippen molar-refractivity contribution >= 4 is 17.4 Å². The third-order valence-corrected chi connectivity index (χ3v) is 2.82. The van der Waals surface area contributed by atoms with Crippen LogP contribution in [0.4, 0.5) is 5.82 Å². The van der Waals surface area contributed by atoms with Crippen molar-refractivity contribution in [2.45, 2.75) is 19.9 Å². The van der Waals surface area contributed by atoms with E-state index in [1.54, 1.807) is 12.4 Å². The first-order chi connectivity index (χ1) is 8.16. The van der Waals surface area contributed by atoms with Gasteiger partial charge < -0.3 is 5.32 Å². The van der Waals surface area contributed by atoms with Crippen LogP contribution in [-0.2, 0) is 0 Å². The third-order valence-electron chi connectivity index (χ3n) is 2.58. The molecule has 1 atom stereocenters. The van der Waals surface area contributed by atoms with Crippen LogP contribution < -0.4 is 5.32 Å². The zero-order valence-electron chi connectivity index (χ0n) is 9.81. The third kappa shape index (κ3) is 2.94. The van der Waals surface area contributed by atoms with Crippen LogP contribution in [0.2, 0.25) is 5.02 Å². The Morgan fingerprint density at radius 1 is 1.24 bits per heavy atom. The lowest BCUT2D eigenvalue weighted by Gasteiger charge is -2.16. The van der Waals surface area contributed by atoms with Gasteiger partial charge in [-0.25, -0.2) is 4.98 Å². The Labute approximate surface area is 106 Å². The van der Waals surface area contributed by atoms with Gasteiger partial charge >= 0.3 is 0 Å². The van der Waals surface area contributed by atoms with Gasteiger partial charge in [0.05, 0.1) is 11.7 Å². The van der Waals surface area contributed by atoms with Crippen molar-refractivity contribution in [3.63, 3.8) is 0 Å². The van der Waals surface area contributed by atoms with Gasteiger partial charge in [0, 0.05) is 17.4 Å². The molecule has 2 rings (SSSR count). The number of anilines is 1. The van der Waals surface area contributed by atoms with Crippen LogP contribution in [0.15, 0.2) is 36.7 Å². The van der Waals surface area contributed by atoms with E-state index in [1.807, 2.05) is 31.2 Å². The molecule has 17 heavy (non-hydrogen) atoms. The molecule has 0 saturated carbocycles. The lowest BCUT2D eigenvalue weighted by atomic mass is 10.1. The molecule has 3 nitrogen and oxygen atoms in total. The molecule has 0 saturated heterocycles. The van der Waals surface area contributed by atoms with Crippen molar-refractivity contribution in [1.29, 1.82) is 0 Å². The van der Waals surface area contributed by atoms with Gasteiger partial charge in [0.2, 0.25) is 0 Å². The highest BCUT2D eigenvalue weighted by Gasteiger charge is 2.08. The molecule has 0 spiro atoms. The molecular formula is C13H14ClN3. The molecule has 4 heteroatoms. The molecule has 1 aromatic carbocycles. The van der Waals surface area contributed by atoms with Gasteiger partial charge in [-0.2, -0.15) is 0 Å². The van der Waals surface area contributed by atoms with Crippen LogP contribution in [0, 0.1) is 6.92 Å². The molecule has 0 aliphatic carbocycles. The fourth-order valence-electron chi connectivity index (χ4n) is 1.61. The summed E-state index contributed by atoms with van der Waals surface area (Å²) in [5, 5.41) is 4.06. The molecule has 1 unspecified atom stereocenters. The van der Waals surface area contributed by atoms with Crippen molar-refractivity contribution in [2.75, 3.05) is 5.32 Å². The van der Waals surface area contributed by atoms with Crippen LogP contribution in [-0.4, -0.2) is 9.97 Å². The smallest absolute Gasteiger partial charge is 0.147 e. The Bertz CT molecular complexity index is 514. The number of halogens is 1. The lowest BCUT2D eigenvalue weighted by Crippen LogP contribution is -2.09. The monoisotopic (exact) mass is 247 g/mol. The average Bonchev–Trinajstić information content (AvgIpc) is 2.32. The molecule has 1 N–H and O–H groups in total. The molecule has 1 heterocycles. The summed E-state index contributed by atoms with van der Waals surface area (Å²) in [6, 6.07) is 7.94. The van der Waals surface area contributed by atoms with E-state index < -0.39 is 0 Å². The fourth-order valence-corrected chi connectivity index (χ4v) is 1.81. The van der Waals surface area contributed by atoms with Crippen LogP contribution in [0.3, 0.4) is 0 Å². The van der Waals surface area contributed by atoms with Gasteiger partial charge in [0.25, 0.3) is 0 Å². The predicted octanol–water partition coefficient (Wildman–Crippen LogP) is 3.61. The van der Waals surface area contributed by atoms with Crippen molar-refractivity contribution in [3.05, 3.63) is 52.9 Å². The SMILES string of the molecule is Cc1nccnc1NC(C)c1cccc(Cl)c1. The Morgan fingerprint density at radius 3 is 2.71 bits per heavy atom. The minimum absolute atomic E-state index is 0.143. The molecule has 88 valence electrons. The number of benzene rings is 1. The van der Waals surface area contributed by atoms with E-state index in [1.165, 1.54) is 0 Å². The van der Waals surface area contributed by atoms with Gasteiger partial charge in [0.1, 0.15) is 5.82 Å². The summed E-state index contributed by atoms with van der Waals surface area (Å²) >= 11 is 5.97. The Balaban J connectivity index is 2.17. The normalized spacial score (nSPS) is 12.2. The molecular weight excluding hydrogens is 234 g/mol. The van der Waals surface area contributed by atoms with Gasteiger partial charge in [-0.15, -0.1) is 0 Å². The fraction of sp³-hybridized carbons (Fsp3) is 0.231. The molecule has 0 radical (unpaired) electrons. The van der Waals surface area contributed by atoms with Gasteiger partial charge in [-0.05, 0) is 31.5 Å².